The van der Waals surface area contributed by atoms with Crippen molar-refractivity contribution in [1.29, 1.82) is 0 Å². The second kappa shape index (κ2) is 4.71. The molecule has 0 bridgehead atoms. The van der Waals surface area contributed by atoms with Gasteiger partial charge in [-0.05, 0) is 36.8 Å². The Bertz CT molecular complexity index is 788. The van der Waals surface area contributed by atoms with Crippen LogP contribution in [0.5, 0.6) is 0 Å². The molecule has 4 N–H and O–H groups in total. The quantitative estimate of drug-likeness (QED) is 0.568. The largest absolute Gasteiger partial charge is 0.436 e. The highest BCUT2D eigenvalue weighted by atomic mass is 16.3. The van der Waals surface area contributed by atoms with E-state index < -0.39 is 5.54 Å². The Morgan fingerprint density at radius 2 is 2.00 bits per heavy atom. The number of hydrogen-bond acceptors (Lipinski definition) is 5. The summed E-state index contributed by atoms with van der Waals surface area (Å²) in [5.41, 5.74) is 14.2. The highest BCUT2D eigenvalue weighted by molar-refractivity contribution is 5.80. The van der Waals surface area contributed by atoms with Gasteiger partial charge in [0.15, 0.2) is 5.58 Å². The van der Waals surface area contributed by atoms with Crippen LogP contribution in [0.25, 0.3) is 22.6 Å². The molecular formula is C16H15N3O2. The van der Waals surface area contributed by atoms with Crippen molar-refractivity contribution in [2.45, 2.75) is 12.5 Å². The number of oxazole rings is 1. The fourth-order valence-corrected chi connectivity index (χ4v) is 2.15. The number of para-hydroxylation sites is 2. The van der Waals surface area contributed by atoms with Gasteiger partial charge in [-0.15, -0.1) is 0 Å². The van der Waals surface area contributed by atoms with E-state index in [9.17, 15) is 4.79 Å². The van der Waals surface area contributed by atoms with Crippen LogP contribution in [0, 0.1) is 0 Å². The van der Waals surface area contributed by atoms with Crippen LogP contribution in [0.1, 0.15) is 12.5 Å². The molecule has 0 spiro atoms. The number of carbonyl (C=O) groups excluding carboxylic acids is 1. The van der Waals surface area contributed by atoms with Crippen molar-refractivity contribution in [3.8, 4) is 11.5 Å². The van der Waals surface area contributed by atoms with Gasteiger partial charge in [0.25, 0.3) is 0 Å². The second-order valence-electron chi connectivity index (χ2n) is 5.19. The first kappa shape index (κ1) is 13.3. The van der Waals surface area contributed by atoms with Crippen LogP contribution in [0.15, 0.2) is 46.9 Å². The molecule has 0 aliphatic heterocycles. The summed E-state index contributed by atoms with van der Waals surface area (Å²) in [7, 11) is 0. The van der Waals surface area contributed by atoms with Crippen molar-refractivity contribution in [1.82, 2.24) is 4.98 Å². The van der Waals surface area contributed by atoms with Crippen molar-refractivity contribution in [3.05, 3.63) is 48.0 Å². The molecule has 0 aliphatic rings. The normalized spacial score (nSPS) is 14.0. The zero-order valence-electron chi connectivity index (χ0n) is 11.5. The fourth-order valence-electron chi connectivity index (χ4n) is 2.15. The Labute approximate surface area is 121 Å². The molecule has 3 rings (SSSR count). The lowest BCUT2D eigenvalue weighted by Crippen LogP contribution is -2.34. The van der Waals surface area contributed by atoms with Crippen LogP contribution in [0.3, 0.4) is 0 Å². The van der Waals surface area contributed by atoms with Crippen LogP contribution in [-0.2, 0) is 10.3 Å². The van der Waals surface area contributed by atoms with Gasteiger partial charge in [-0.1, -0.05) is 18.2 Å². The van der Waals surface area contributed by atoms with Gasteiger partial charge < -0.3 is 20.7 Å². The lowest BCUT2D eigenvalue weighted by molar-refractivity contribution is -0.112. The zero-order chi connectivity index (χ0) is 15.0. The van der Waals surface area contributed by atoms with Crippen molar-refractivity contribution >= 4 is 23.1 Å². The van der Waals surface area contributed by atoms with E-state index in [-0.39, 0.29) is 0 Å². The molecule has 0 unspecified atom stereocenters. The number of rotatable bonds is 3. The molecule has 0 saturated carbocycles. The average Bonchev–Trinajstić information content (AvgIpc) is 2.90. The topological polar surface area (TPSA) is 95.1 Å². The van der Waals surface area contributed by atoms with E-state index in [0.29, 0.717) is 34.6 Å². The molecule has 0 amide bonds. The second-order valence-corrected chi connectivity index (χ2v) is 5.19. The summed E-state index contributed by atoms with van der Waals surface area (Å²) >= 11 is 0. The first-order valence-electron chi connectivity index (χ1n) is 6.52. The van der Waals surface area contributed by atoms with Gasteiger partial charge in [-0.2, -0.15) is 0 Å². The third kappa shape index (κ3) is 2.28. The lowest BCUT2D eigenvalue weighted by Gasteiger charge is -2.18. The number of hydrogen-bond donors (Lipinski definition) is 2. The maximum atomic E-state index is 11.0. The SMILES string of the molecule is C[C@@](N)(C=O)c1ccc(-c2nc3ccccc3o2)c(N)c1. The number of nitrogens with zero attached hydrogens (tertiary/aromatic N) is 1. The van der Waals surface area contributed by atoms with E-state index in [0.717, 1.165) is 5.52 Å². The molecule has 21 heavy (non-hydrogen) atoms. The summed E-state index contributed by atoms with van der Waals surface area (Å²) in [6, 6.07) is 12.7. The smallest absolute Gasteiger partial charge is 0.229 e. The average molecular weight is 281 g/mol. The molecule has 2 aromatic carbocycles. The fraction of sp³-hybridized carbons (Fsp3) is 0.125. The minimum Gasteiger partial charge on any atom is -0.436 e. The molecule has 5 nitrogen and oxygen atoms in total. The molecule has 1 heterocycles. The van der Waals surface area contributed by atoms with Crippen molar-refractivity contribution in [2.75, 3.05) is 5.73 Å². The Balaban J connectivity index is 2.09. The minimum atomic E-state index is -1.06. The first-order valence-corrected chi connectivity index (χ1v) is 6.52. The van der Waals surface area contributed by atoms with E-state index in [1.54, 1.807) is 25.1 Å². The Kier molecular flexibility index (Phi) is 2.99. The van der Waals surface area contributed by atoms with Crippen molar-refractivity contribution in [2.24, 2.45) is 5.73 Å². The van der Waals surface area contributed by atoms with E-state index >= 15 is 0 Å². The highest BCUT2D eigenvalue weighted by Crippen LogP contribution is 2.30. The van der Waals surface area contributed by atoms with Gasteiger partial charge in [-0.3, -0.25) is 0 Å². The third-order valence-electron chi connectivity index (χ3n) is 3.44. The van der Waals surface area contributed by atoms with Gasteiger partial charge in [-0.25, -0.2) is 4.98 Å². The maximum Gasteiger partial charge on any atom is 0.229 e. The van der Waals surface area contributed by atoms with Crippen LogP contribution < -0.4 is 11.5 Å². The minimum absolute atomic E-state index is 0.449. The molecule has 0 radical (unpaired) electrons. The molecule has 5 heteroatoms. The van der Waals surface area contributed by atoms with Gasteiger partial charge in [0.1, 0.15) is 11.8 Å². The lowest BCUT2D eigenvalue weighted by atomic mass is 9.93. The van der Waals surface area contributed by atoms with Gasteiger partial charge in [0.05, 0.1) is 11.1 Å². The predicted molar refractivity (Wildman–Crippen MR) is 81.5 cm³/mol. The van der Waals surface area contributed by atoms with E-state index in [1.165, 1.54) is 0 Å². The molecule has 1 atom stereocenters. The highest BCUT2D eigenvalue weighted by Gasteiger charge is 2.21. The molecular weight excluding hydrogens is 266 g/mol. The summed E-state index contributed by atoms with van der Waals surface area (Å²) in [4.78, 5) is 15.4. The standard InChI is InChI=1S/C16H15N3O2/c1-16(18,9-20)10-6-7-11(12(17)8-10)15-19-13-4-2-3-5-14(13)21-15/h2-9H,17-18H2,1H3/t16-/m1/s1. The van der Waals surface area contributed by atoms with Crippen molar-refractivity contribution < 1.29 is 9.21 Å². The van der Waals surface area contributed by atoms with Crippen LogP contribution in [-0.4, -0.2) is 11.3 Å². The number of aromatic nitrogens is 1. The Morgan fingerprint density at radius 1 is 1.24 bits per heavy atom. The van der Waals surface area contributed by atoms with Gasteiger partial charge in [0, 0.05) is 5.69 Å². The molecule has 3 aromatic rings. The van der Waals surface area contributed by atoms with E-state index in [2.05, 4.69) is 4.98 Å². The van der Waals surface area contributed by atoms with Crippen molar-refractivity contribution in [3.63, 3.8) is 0 Å². The number of anilines is 1. The maximum absolute atomic E-state index is 11.0. The van der Waals surface area contributed by atoms with Gasteiger partial charge in [0.2, 0.25) is 5.89 Å². The molecule has 0 aliphatic carbocycles. The number of carbonyl (C=O) groups is 1. The summed E-state index contributed by atoms with van der Waals surface area (Å²) < 4.78 is 5.69. The number of nitrogens with two attached hydrogens (primary N) is 2. The van der Waals surface area contributed by atoms with Crippen LogP contribution >= 0.6 is 0 Å². The first-order chi connectivity index (χ1) is 10.0. The van der Waals surface area contributed by atoms with E-state index in [1.807, 2.05) is 24.3 Å². The molecule has 106 valence electrons. The molecule has 1 aromatic heterocycles. The summed E-state index contributed by atoms with van der Waals surface area (Å²) in [6.07, 6.45) is 0.695. The van der Waals surface area contributed by atoms with Gasteiger partial charge >= 0.3 is 0 Å². The monoisotopic (exact) mass is 281 g/mol. The number of fused-ring (bicyclic) bond motifs is 1. The number of benzene rings is 2. The molecule has 0 fully saturated rings. The van der Waals surface area contributed by atoms with Crippen LogP contribution in [0.4, 0.5) is 5.69 Å². The zero-order valence-corrected chi connectivity index (χ0v) is 11.5. The molecule has 0 saturated heterocycles. The summed E-state index contributed by atoms with van der Waals surface area (Å²) in [6.45, 7) is 1.63. The predicted octanol–water partition coefficient (Wildman–Crippen LogP) is 2.45. The Morgan fingerprint density at radius 3 is 2.67 bits per heavy atom. The third-order valence-corrected chi connectivity index (χ3v) is 3.44. The van der Waals surface area contributed by atoms with Crippen LogP contribution in [0.2, 0.25) is 0 Å². The Hall–Kier alpha value is -2.66. The van der Waals surface area contributed by atoms with E-state index in [4.69, 9.17) is 15.9 Å². The summed E-state index contributed by atoms with van der Waals surface area (Å²) in [5, 5.41) is 0. The number of nitrogen functional groups attached to an aromatic ring is 1. The summed E-state index contributed by atoms with van der Waals surface area (Å²) in [5.74, 6) is 0.449. The number of aldehydes is 1.